The van der Waals surface area contributed by atoms with E-state index in [2.05, 4.69) is 5.32 Å². The lowest BCUT2D eigenvalue weighted by molar-refractivity contribution is 0.221. The van der Waals surface area contributed by atoms with Gasteiger partial charge in [0.25, 0.3) is 0 Å². The zero-order chi connectivity index (χ0) is 12.1. The molecule has 0 fully saturated rings. The van der Waals surface area contributed by atoms with Gasteiger partial charge in [0.15, 0.2) is 0 Å². The number of amides is 2. The number of para-hydroxylation sites is 1. The minimum absolute atomic E-state index is 0.0479. The number of thioether (sulfide) groups is 1. The molecular formula is C11H15FN2OS. The zero-order valence-corrected chi connectivity index (χ0v) is 10.3. The fourth-order valence-corrected chi connectivity index (χ4v) is 1.50. The molecule has 1 N–H and O–H groups in total. The van der Waals surface area contributed by atoms with Gasteiger partial charge in [0, 0.05) is 7.05 Å². The lowest BCUT2D eigenvalue weighted by Crippen LogP contribution is -2.36. The fraction of sp³-hybridized carbons (Fsp3) is 0.364. The van der Waals surface area contributed by atoms with Crippen LogP contribution in [0.4, 0.5) is 14.9 Å². The van der Waals surface area contributed by atoms with E-state index in [9.17, 15) is 9.18 Å². The average molecular weight is 242 g/mol. The molecule has 0 saturated heterocycles. The molecule has 1 unspecified atom stereocenters. The summed E-state index contributed by atoms with van der Waals surface area (Å²) in [5, 5.41) is 2.57. The molecule has 0 bridgehead atoms. The van der Waals surface area contributed by atoms with Crippen LogP contribution in [-0.2, 0) is 0 Å². The highest BCUT2D eigenvalue weighted by Gasteiger charge is 2.15. The van der Waals surface area contributed by atoms with Crippen molar-refractivity contribution >= 4 is 23.5 Å². The van der Waals surface area contributed by atoms with Gasteiger partial charge in [-0.3, -0.25) is 0 Å². The van der Waals surface area contributed by atoms with E-state index in [1.807, 2.05) is 13.2 Å². The van der Waals surface area contributed by atoms with Crippen LogP contribution >= 0.6 is 11.8 Å². The van der Waals surface area contributed by atoms with E-state index >= 15 is 0 Å². The van der Waals surface area contributed by atoms with E-state index < -0.39 is 5.82 Å². The van der Waals surface area contributed by atoms with Crippen LogP contribution in [-0.4, -0.2) is 29.6 Å². The average Bonchev–Trinajstić information content (AvgIpc) is 2.30. The second-order valence-corrected chi connectivity index (χ2v) is 4.51. The second kappa shape index (κ2) is 5.75. The van der Waals surface area contributed by atoms with Crippen molar-refractivity contribution in [3.8, 4) is 0 Å². The number of nitrogens with zero attached hydrogens (tertiary/aromatic N) is 1. The van der Waals surface area contributed by atoms with Gasteiger partial charge in [0.05, 0.1) is 11.1 Å². The van der Waals surface area contributed by atoms with E-state index in [4.69, 9.17) is 0 Å². The molecule has 0 radical (unpaired) electrons. The third-order valence-corrected chi connectivity index (χ3v) is 3.32. The summed E-state index contributed by atoms with van der Waals surface area (Å²) in [5.41, 5.74) is 0.202. The predicted molar refractivity (Wildman–Crippen MR) is 66.2 cm³/mol. The zero-order valence-electron chi connectivity index (χ0n) is 9.53. The van der Waals surface area contributed by atoms with Crippen LogP contribution in [0.1, 0.15) is 6.92 Å². The largest absolute Gasteiger partial charge is 0.322 e. The van der Waals surface area contributed by atoms with E-state index in [1.54, 1.807) is 30.9 Å². The number of hydrogen-bond acceptors (Lipinski definition) is 2. The molecule has 5 heteroatoms. The molecule has 0 aliphatic rings. The number of anilines is 1. The lowest BCUT2D eigenvalue weighted by atomic mass is 10.3. The maximum Gasteiger partial charge on any atom is 0.322 e. The number of hydrogen-bond donors (Lipinski definition) is 1. The van der Waals surface area contributed by atoms with E-state index in [1.165, 1.54) is 17.0 Å². The minimum atomic E-state index is -0.430. The van der Waals surface area contributed by atoms with Crippen LogP contribution in [0.2, 0.25) is 0 Å². The Balaban J connectivity index is 2.68. The molecule has 1 aromatic carbocycles. The van der Waals surface area contributed by atoms with Gasteiger partial charge in [-0.25, -0.2) is 9.18 Å². The molecule has 0 aliphatic heterocycles. The summed E-state index contributed by atoms with van der Waals surface area (Å²) in [4.78, 5) is 13.2. The molecule has 0 heterocycles. The summed E-state index contributed by atoms with van der Waals surface area (Å²) in [6.45, 7) is 1.91. The Morgan fingerprint density at radius 3 is 2.69 bits per heavy atom. The Morgan fingerprint density at radius 1 is 1.50 bits per heavy atom. The first-order chi connectivity index (χ1) is 7.56. The number of carbonyl (C=O) groups is 1. The van der Waals surface area contributed by atoms with Crippen molar-refractivity contribution in [2.75, 3.05) is 18.6 Å². The van der Waals surface area contributed by atoms with Gasteiger partial charge in [0.2, 0.25) is 0 Å². The molecular weight excluding hydrogens is 227 g/mol. The van der Waals surface area contributed by atoms with Gasteiger partial charge in [-0.15, -0.1) is 11.8 Å². The van der Waals surface area contributed by atoms with Crippen molar-refractivity contribution in [2.24, 2.45) is 0 Å². The van der Waals surface area contributed by atoms with Crippen molar-refractivity contribution in [2.45, 2.75) is 12.3 Å². The van der Waals surface area contributed by atoms with Crippen LogP contribution in [0.15, 0.2) is 24.3 Å². The SMILES string of the molecule is CSC(C)N(C)C(=O)Nc1ccccc1F. The highest BCUT2D eigenvalue weighted by Crippen LogP contribution is 2.15. The Morgan fingerprint density at radius 2 is 2.12 bits per heavy atom. The fourth-order valence-electron chi connectivity index (χ4n) is 1.09. The highest BCUT2D eigenvalue weighted by atomic mass is 32.2. The Bertz CT molecular complexity index is 373. The first kappa shape index (κ1) is 12.8. The maximum atomic E-state index is 13.3. The highest BCUT2D eigenvalue weighted by molar-refractivity contribution is 7.99. The molecule has 1 atom stereocenters. The number of halogens is 1. The summed E-state index contributed by atoms with van der Waals surface area (Å²) < 4.78 is 13.3. The van der Waals surface area contributed by atoms with Crippen LogP contribution < -0.4 is 5.32 Å². The van der Waals surface area contributed by atoms with Gasteiger partial charge in [-0.2, -0.15) is 0 Å². The van der Waals surface area contributed by atoms with Crippen molar-refractivity contribution < 1.29 is 9.18 Å². The van der Waals surface area contributed by atoms with E-state index in [0.29, 0.717) is 0 Å². The summed E-state index contributed by atoms with van der Waals surface area (Å²) in [6.07, 6.45) is 1.91. The summed E-state index contributed by atoms with van der Waals surface area (Å²) >= 11 is 1.55. The van der Waals surface area contributed by atoms with Gasteiger partial charge >= 0.3 is 6.03 Å². The summed E-state index contributed by atoms with van der Waals surface area (Å²) in [7, 11) is 1.68. The third kappa shape index (κ3) is 3.13. The molecule has 0 aliphatic carbocycles. The third-order valence-electron chi connectivity index (χ3n) is 2.32. The summed E-state index contributed by atoms with van der Waals surface area (Å²) in [6, 6.07) is 5.79. The minimum Gasteiger partial charge on any atom is -0.316 e. The first-order valence-corrected chi connectivity index (χ1v) is 6.16. The van der Waals surface area contributed by atoms with Crippen molar-refractivity contribution in [1.29, 1.82) is 0 Å². The number of benzene rings is 1. The second-order valence-electron chi connectivity index (χ2n) is 3.36. The van der Waals surface area contributed by atoms with E-state index in [0.717, 1.165) is 0 Å². The molecule has 88 valence electrons. The van der Waals surface area contributed by atoms with E-state index in [-0.39, 0.29) is 17.1 Å². The smallest absolute Gasteiger partial charge is 0.316 e. The molecule has 1 aromatic rings. The lowest BCUT2D eigenvalue weighted by Gasteiger charge is -2.23. The van der Waals surface area contributed by atoms with Crippen molar-refractivity contribution in [3.05, 3.63) is 30.1 Å². The molecule has 2 amide bonds. The molecule has 3 nitrogen and oxygen atoms in total. The number of nitrogens with one attached hydrogen (secondary N) is 1. The predicted octanol–water partition coefficient (Wildman–Crippen LogP) is 3.00. The van der Waals surface area contributed by atoms with Crippen molar-refractivity contribution in [1.82, 2.24) is 4.90 Å². The van der Waals surface area contributed by atoms with Crippen LogP contribution in [0.3, 0.4) is 0 Å². The van der Waals surface area contributed by atoms with Gasteiger partial charge in [-0.1, -0.05) is 12.1 Å². The van der Waals surface area contributed by atoms with Gasteiger partial charge < -0.3 is 10.2 Å². The van der Waals surface area contributed by atoms with Gasteiger partial charge in [0.1, 0.15) is 5.82 Å². The van der Waals surface area contributed by atoms with Crippen LogP contribution in [0.25, 0.3) is 0 Å². The van der Waals surface area contributed by atoms with Gasteiger partial charge in [-0.05, 0) is 25.3 Å². The topological polar surface area (TPSA) is 32.3 Å². The number of carbonyl (C=O) groups excluding carboxylic acids is 1. The maximum absolute atomic E-state index is 13.3. The quantitative estimate of drug-likeness (QED) is 0.826. The molecule has 0 saturated carbocycles. The molecule has 1 rings (SSSR count). The number of urea groups is 1. The normalized spacial score (nSPS) is 12.0. The van der Waals surface area contributed by atoms with Crippen LogP contribution in [0.5, 0.6) is 0 Å². The van der Waals surface area contributed by atoms with Crippen LogP contribution in [0, 0.1) is 5.82 Å². The Hall–Kier alpha value is -1.23. The first-order valence-electron chi connectivity index (χ1n) is 4.87. The van der Waals surface area contributed by atoms with Crippen molar-refractivity contribution in [3.63, 3.8) is 0 Å². The molecule has 0 aromatic heterocycles. The Labute approximate surface area is 99.0 Å². The monoisotopic (exact) mass is 242 g/mol. The molecule has 0 spiro atoms. The number of rotatable bonds is 3. The molecule has 16 heavy (non-hydrogen) atoms. The summed E-state index contributed by atoms with van der Waals surface area (Å²) in [5.74, 6) is -0.430. The Kier molecular flexibility index (Phi) is 4.61. The standard InChI is InChI=1S/C11H15FN2OS/c1-8(16-3)14(2)11(15)13-10-7-5-4-6-9(10)12/h4-8H,1-3H3,(H,13,15).